The van der Waals surface area contributed by atoms with Crippen LogP contribution in [0.5, 0.6) is 0 Å². The summed E-state index contributed by atoms with van der Waals surface area (Å²) in [7, 11) is -3.81. The van der Waals surface area contributed by atoms with E-state index in [9.17, 15) is 26.0 Å². The molecule has 0 amide bonds. The number of hydrogen-bond acceptors (Lipinski definition) is 5. The second kappa shape index (κ2) is 7.47. The summed E-state index contributed by atoms with van der Waals surface area (Å²) in [6.45, 7) is 0. The first-order valence-corrected chi connectivity index (χ1v) is 10.5. The molecule has 11 heteroatoms. The van der Waals surface area contributed by atoms with E-state index in [1.165, 1.54) is 6.07 Å². The van der Waals surface area contributed by atoms with Crippen LogP contribution < -0.4 is 10.0 Å². The van der Waals surface area contributed by atoms with Crippen molar-refractivity contribution in [1.82, 2.24) is 14.7 Å². The fourth-order valence-electron chi connectivity index (χ4n) is 3.24. The molecule has 0 radical (unpaired) electrons. The Labute approximate surface area is 169 Å². The van der Waals surface area contributed by atoms with E-state index in [0.717, 1.165) is 24.3 Å². The monoisotopic (exact) mass is 440 g/mol. The molecule has 1 aliphatic rings. The molecule has 0 unspecified atom stereocenters. The number of hydrogen-bond donors (Lipinski definition) is 2. The lowest BCUT2D eigenvalue weighted by Gasteiger charge is -2.36. The topological polar surface area (TPSA) is 84.0 Å². The highest BCUT2D eigenvalue weighted by Gasteiger charge is 2.37. The molecule has 0 bridgehead atoms. The zero-order chi connectivity index (χ0) is 21.5. The maximum Gasteiger partial charge on any atom is 0.451 e. The maximum atomic E-state index is 13.1. The van der Waals surface area contributed by atoms with Crippen molar-refractivity contribution in [3.05, 3.63) is 60.2 Å². The average molecular weight is 440 g/mol. The van der Waals surface area contributed by atoms with Crippen LogP contribution in [0.1, 0.15) is 18.7 Å². The number of para-hydroxylation sites is 1. The zero-order valence-corrected chi connectivity index (χ0v) is 16.1. The molecule has 30 heavy (non-hydrogen) atoms. The summed E-state index contributed by atoms with van der Waals surface area (Å²) in [6, 6.07) is 10.1. The van der Waals surface area contributed by atoms with Gasteiger partial charge in [-0.1, -0.05) is 12.1 Å². The van der Waals surface area contributed by atoms with Crippen molar-refractivity contribution in [1.29, 1.82) is 0 Å². The molecule has 158 valence electrons. The Morgan fingerprint density at radius 1 is 0.933 bits per heavy atom. The van der Waals surface area contributed by atoms with Crippen LogP contribution in [0.3, 0.4) is 0 Å². The quantitative estimate of drug-likeness (QED) is 0.591. The molecule has 0 saturated heterocycles. The summed E-state index contributed by atoms with van der Waals surface area (Å²) in [6.07, 6.45) is -3.96. The number of aromatic nitrogens is 2. The number of nitrogens with one attached hydrogen (secondary N) is 2. The first-order valence-electron chi connectivity index (χ1n) is 9.00. The van der Waals surface area contributed by atoms with Crippen LogP contribution >= 0.6 is 0 Å². The Kier molecular flexibility index (Phi) is 5.10. The first kappa shape index (κ1) is 20.5. The molecule has 0 spiro atoms. The third kappa shape index (κ3) is 4.21. The number of anilines is 1. The summed E-state index contributed by atoms with van der Waals surface area (Å²) in [5, 5.41) is 3.41. The Bertz CT molecular complexity index is 1180. The van der Waals surface area contributed by atoms with Crippen molar-refractivity contribution < 1.29 is 26.0 Å². The van der Waals surface area contributed by atoms with Crippen molar-refractivity contribution in [2.24, 2.45) is 0 Å². The number of sulfonamides is 1. The Morgan fingerprint density at radius 3 is 2.27 bits per heavy atom. The molecule has 6 nitrogen and oxygen atoms in total. The number of benzene rings is 2. The molecule has 0 atom stereocenters. The van der Waals surface area contributed by atoms with Gasteiger partial charge < -0.3 is 5.32 Å². The normalized spacial score (nSPS) is 19.5. The van der Waals surface area contributed by atoms with Crippen molar-refractivity contribution in [3.8, 4) is 0 Å². The van der Waals surface area contributed by atoms with Crippen molar-refractivity contribution in [2.75, 3.05) is 5.32 Å². The molecule has 0 aliphatic heterocycles. The SMILES string of the molecule is O=S(=O)(NC1CC(Nc2nc(C(F)(F)F)nc3ccccc23)C1)c1ccc(F)cc1. The number of nitrogens with zero attached hydrogens (tertiary/aromatic N) is 2. The van der Waals surface area contributed by atoms with Gasteiger partial charge in [-0.25, -0.2) is 27.5 Å². The second-order valence-corrected chi connectivity index (χ2v) is 8.71. The standard InChI is InChI=1S/C19H16F4N4O2S/c20-11-5-7-14(8-6-11)30(28,29)27-13-9-12(10-13)24-17-15-3-1-2-4-16(15)25-18(26-17)19(21,22)23/h1-8,12-13,27H,9-10H2,(H,24,25,26). The maximum absolute atomic E-state index is 13.1. The first-order chi connectivity index (χ1) is 14.1. The molecule has 2 N–H and O–H groups in total. The van der Waals surface area contributed by atoms with Gasteiger partial charge in [-0.3, -0.25) is 0 Å². The number of rotatable bonds is 5. The minimum absolute atomic E-state index is 0.0535. The summed E-state index contributed by atoms with van der Waals surface area (Å²) in [4.78, 5) is 7.14. The molecular formula is C19H16F4N4O2S. The lowest BCUT2D eigenvalue weighted by atomic mass is 9.87. The Morgan fingerprint density at radius 2 is 1.60 bits per heavy atom. The van der Waals surface area contributed by atoms with Gasteiger partial charge in [0.25, 0.3) is 0 Å². The summed E-state index contributed by atoms with van der Waals surface area (Å²) in [5.41, 5.74) is 0.162. The summed E-state index contributed by atoms with van der Waals surface area (Å²) in [5.74, 6) is -1.73. The molecule has 1 fully saturated rings. The minimum atomic E-state index is -4.69. The summed E-state index contributed by atoms with van der Waals surface area (Å²) < 4.78 is 79.5. The molecule has 2 aromatic carbocycles. The lowest BCUT2D eigenvalue weighted by Crippen LogP contribution is -2.49. The second-order valence-electron chi connectivity index (χ2n) is 7.00. The predicted octanol–water partition coefficient (Wildman–Crippen LogP) is 3.71. The molecule has 1 saturated carbocycles. The van der Waals surface area contributed by atoms with Gasteiger partial charge in [-0.2, -0.15) is 13.2 Å². The highest BCUT2D eigenvalue weighted by atomic mass is 32.2. The number of alkyl halides is 3. The van der Waals surface area contributed by atoms with Gasteiger partial charge in [-0.05, 0) is 49.2 Å². The molecule has 1 aliphatic carbocycles. The van der Waals surface area contributed by atoms with Crippen LogP contribution in [0, 0.1) is 5.82 Å². The highest BCUT2D eigenvalue weighted by molar-refractivity contribution is 7.89. The highest BCUT2D eigenvalue weighted by Crippen LogP contribution is 2.32. The number of halogens is 4. The van der Waals surface area contributed by atoms with Crippen LogP contribution in [0.2, 0.25) is 0 Å². The molecular weight excluding hydrogens is 424 g/mol. The van der Waals surface area contributed by atoms with E-state index in [4.69, 9.17) is 0 Å². The van der Waals surface area contributed by atoms with E-state index >= 15 is 0 Å². The van der Waals surface area contributed by atoms with Gasteiger partial charge in [0.05, 0.1) is 10.4 Å². The molecule has 1 aromatic heterocycles. The average Bonchev–Trinajstić information content (AvgIpc) is 2.65. The smallest absolute Gasteiger partial charge is 0.367 e. The predicted molar refractivity (Wildman–Crippen MR) is 102 cm³/mol. The van der Waals surface area contributed by atoms with Crippen LogP contribution in [0.25, 0.3) is 10.9 Å². The van der Waals surface area contributed by atoms with Crippen molar-refractivity contribution in [3.63, 3.8) is 0 Å². The molecule has 1 heterocycles. The third-order valence-electron chi connectivity index (χ3n) is 4.78. The van der Waals surface area contributed by atoms with E-state index < -0.39 is 33.9 Å². The van der Waals surface area contributed by atoms with Gasteiger partial charge in [0, 0.05) is 17.5 Å². The van der Waals surface area contributed by atoms with Gasteiger partial charge in [0.15, 0.2) is 0 Å². The number of fused-ring (bicyclic) bond motifs is 1. The van der Waals surface area contributed by atoms with Crippen molar-refractivity contribution >= 4 is 26.7 Å². The van der Waals surface area contributed by atoms with E-state index in [0.29, 0.717) is 18.2 Å². The van der Waals surface area contributed by atoms with Crippen molar-refractivity contribution in [2.45, 2.75) is 36.0 Å². The Balaban J connectivity index is 1.46. The van der Waals surface area contributed by atoms with Crippen LogP contribution in [-0.2, 0) is 16.2 Å². The van der Waals surface area contributed by atoms with E-state index in [1.54, 1.807) is 18.2 Å². The summed E-state index contributed by atoms with van der Waals surface area (Å²) >= 11 is 0. The van der Waals surface area contributed by atoms with Gasteiger partial charge >= 0.3 is 6.18 Å². The third-order valence-corrected chi connectivity index (χ3v) is 6.32. The van der Waals surface area contributed by atoms with E-state index in [-0.39, 0.29) is 22.3 Å². The zero-order valence-electron chi connectivity index (χ0n) is 15.3. The van der Waals surface area contributed by atoms with Crippen LogP contribution in [0.15, 0.2) is 53.4 Å². The van der Waals surface area contributed by atoms with Gasteiger partial charge in [-0.15, -0.1) is 0 Å². The van der Waals surface area contributed by atoms with Crippen LogP contribution in [-0.4, -0.2) is 30.5 Å². The van der Waals surface area contributed by atoms with Gasteiger partial charge in [0.1, 0.15) is 11.6 Å². The van der Waals surface area contributed by atoms with Gasteiger partial charge in [0.2, 0.25) is 15.8 Å². The van der Waals surface area contributed by atoms with Crippen LogP contribution in [0.4, 0.5) is 23.4 Å². The minimum Gasteiger partial charge on any atom is -0.367 e. The molecule has 4 rings (SSSR count). The Hall–Kier alpha value is -2.79. The largest absolute Gasteiger partial charge is 0.451 e. The fraction of sp³-hybridized carbons (Fsp3) is 0.263. The lowest BCUT2D eigenvalue weighted by molar-refractivity contribution is -0.144. The fourth-order valence-corrected chi connectivity index (χ4v) is 4.50. The van der Waals surface area contributed by atoms with E-state index in [2.05, 4.69) is 20.0 Å². The van der Waals surface area contributed by atoms with E-state index in [1.807, 2.05) is 0 Å². The molecule has 3 aromatic rings.